The number of fused-ring (bicyclic) bond motifs is 1. The maximum absolute atomic E-state index is 6.28. The van der Waals surface area contributed by atoms with E-state index in [0.29, 0.717) is 13.2 Å². The van der Waals surface area contributed by atoms with Gasteiger partial charge in [-0.15, -0.1) is 0 Å². The standard InChI is InChI=1S/C24H21ClN2O/c25-23-10-4-2-8-20(23)17-28-24-12-11-19-7-1-3-9-21(19)22(24)16-27-15-18-6-5-13-26-14-18/h1-14,27H,15-17H2. The molecule has 3 nitrogen and oxygen atoms in total. The molecule has 1 aromatic heterocycles. The summed E-state index contributed by atoms with van der Waals surface area (Å²) >= 11 is 6.28. The van der Waals surface area contributed by atoms with Gasteiger partial charge in [0.15, 0.2) is 0 Å². The Balaban J connectivity index is 1.56. The number of nitrogens with zero attached hydrogens (tertiary/aromatic N) is 1. The Kier molecular flexibility index (Phi) is 5.86. The predicted octanol–water partition coefficient (Wildman–Crippen LogP) is 5.76. The van der Waals surface area contributed by atoms with E-state index in [2.05, 4.69) is 46.7 Å². The lowest BCUT2D eigenvalue weighted by Gasteiger charge is -2.16. The second kappa shape index (κ2) is 8.87. The van der Waals surface area contributed by atoms with Crippen LogP contribution in [-0.2, 0) is 19.7 Å². The Bertz CT molecular complexity index is 1070. The van der Waals surface area contributed by atoms with E-state index in [-0.39, 0.29) is 0 Å². The molecule has 0 atom stereocenters. The summed E-state index contributed by atoms with van der Waals surface area (Å²) in [4.78, 5) is 4.17. The van der Waals surface area contributed by atoms with Gasteiger partial charge in [0.1, 0.15) is 12.4 Å². The highest BCUT2D eigenvalue weighted by Gasteiger charge is 2.10. The summed E-state index contributed by atoms with van der Waals surface area (Å²) in [5.41, 5.74) is 3.28. The molecule has 0 amide bonds. The van der Waals surface area contributed by atoms with Crippen molar-refractivity contribution in [1.82, 2.24) is 10.3 Å². The van der Waals surface area contributed by atoms with Crippen LogP contribution in [0.1, 0.15) is 16.7 Å². The number of hydrogen-bond donors (Lipinski definition) is 1. The Morgan fingerprint density at radius 2 is 1.71 bits per heavy atom. The summed E-state index contributed by atoms with van der Waals surface area (Å²) in [6.07, 6.45) is 3.67. The zero-order valence-electron chi connectivity index (χ0n) is 15.4. The van der Waals surface area contributed by atoms with Crippen LogP contribution < -0.4 is 10.1 Å². The van der Waals surface area contributed by atoms with Gasteiger partial charge in [-0.1, -0.05) is 66.2 Å². The number of aromatic nitrogens is 1. The van der Waals surface area contributed by atoms with Crippen LogP contribution in [-0.4, -0.2) is 4.98 Å². The van der Waals surface area contributed by atoms with Crippen LogP contribution in [0.15, 0.2) is 85.2 Å². The van der Waals surface area contributed by atoms with Crippen molar-refractivity contribution < 1.29 is 4.74 Å². The van der Waals surface area contributed by atoms with Crippen molar-refractivity contribution in [2.45, 2.75) is 19.7 Å². The molecule has 0 fully saturated rings. The molecule has 0 unspecified atom stereocenters. The summed E-state index contributed by atoms with van der Waals surface area (Å²) in [5, 5.41) is 6.63. The van der Waals surface area contributed by atoms with Gasteiger partial charge in [0, 0.05) is 41.6 Å². The smallest absolute Gasteiger partial charge is 0.124 e. The fraction of sp³-hybridized carbons (Fsp3) is 0.125. The minimum Gasteiger partial charge on any atom is -0.488 e. The molecule has 0 aliphatic rings. The lowest BCUT2D eigenvalue weighted by Crippen LogP contribution is -2.14. The van der Waals surface area contributed by atoms with E-state index in [1.165, 1.54) is 10.8 Å². The largest absolute Gasteiger partial charge is 0.488 e. The van der Waals surface area contributed by atoms with Crippen LogP contribution in [0.25, 0.3) is 10.8 Å². The topological polar surface area (TPSA) is 34.1 Å². The van der Waals surface area contributed by atoms with Gasteiger partial charge in [0.05, 0.1) is 0 Å². The van der Waals surface area contributed by atoms with E-state index >= 15 is 0 Å². The number of hydrogen-bond acceptors (Lipinski definition) is 3. The minimum atomic E-state index is 0.438. The van der Waals surface area contributed by atoms with E-state index in [4.69, 9.17) is 16.3 Å². The molecule has 0 saturated heterocycles. The average Bonchev–Trinajstić information content (AvgIpc) is 2.74. The second-order valence-corrected chi connectivity index (χ2v) is 7.02. The van der Waals surface area contributed by atoms with E-state index < -0.39 is 0 Å². The molecular weight excluding hydrogens is 368 g/mol. The third-order valence-electron chi connectivity index (χ3n) is 4.69. The van der Waals surface area contributed by atoms with Crippen molar-refractivity contribution in [1.29, 1.82) is 0 Å². The van der Waals surface area contributed by atoms with Gasteiger partial charge in [-0.2, -0.15) is 0 Å². The van der Waals surface area contributed by atoms with Crippen LogP contribution in [0.4, 0.5) is 0 Å². The molecule has 28 heavy (non-hydrogen) atoms. The lowest BCUT2D eigenvalue weighted by molar-refractivity contribution is 0.303. The highest BCUT2D eigenvalue weighted by atomic mass is 35.5. The zero-order valence-corrected chi connectivity index (χ0v) is 16.2. The normalized spacial score (nSPS) is 10.9. The SMILES string of the molecule is Clc1ccccc1COc1ccc2ccccc2c1CNCc1cccnc1. The molecule has 140 valence electrons. The Morgan fingerprint density at radius 3 is 2.57 bits per heavy atom. The molecule has 1 heterocycles. The molecular formula is C24H21ClN2O. The van der Waals surface area contributed by atoms with Crippen molar-refractivity contribution in [2.75, 3.05) is 0 Å². The third-order valence-corrected chi connectivity index (χ3v) is 5.06. The number of nitrogens with one attached hydrogen (secondary N) is 1. The molecule has 0 spiro atoms. The first-order chi connectivity index (χ1) is 13.8. The van der Waals surface area contributed by atoms with Gasteiger partial charge in [-0.05, 0) is 34.5 Å². The van der Waals surface area contributed by atoms with Gasteiger partial charge in [0.2, 0.25) is 0 Å². The number of benzene rings is 3. The van der Waals surface area contributed by atoms with Crippen molar-refractivity contribution >= 4 is 22.4 Å². The highest BCUT2D eigenvalue weighted by Crippen LogP contribution is 2.29. The molecule has 1 N–H and O–H groups in total. The maximum Gasteiger partial charge on any atom is 0.124 e. The maximum atomic E-state index is 6.28. The van der Waals surface area contributed by atoms with E-state index in [0.717, 1.165) is 34.0 Å². The van der Waals surface area contributed by atoms with Crippen molar-refractivity contribution in [2.24, 2.45) is 0 Å². The van der Waals surface area contributed by atoms with E-state index in [9.17, 15) is 0 Å². The summed E-state index contributed by atoms with van der Waals surface area (Å²) in [6.45, 7) is 1.89. The molecule has 0 saturated carbocycles. The quantitative estimate of drug-likeness (QED) is 0.437. The van der Waals surface area contributed by atoms with Crippen LogP contribution in [0, 0.1) is 0 Å². The van der Waals surface area contributed by atoms with Crippen LogP contribution >= 0.6 is 11.6 Å². The Hall–Kier alpha value is -2.88. The first kappa shape index (κ1) is 18.5. The van der Waals surface area contributed by atoms with Gasteiger partial charge in [-0.3, -0.25) is 4.98 Å². The lowest BCUT2D eigenvalue weighted by atomic mass is 10.0. The molecule has 0 aliphatic carbocycles. The summed E-state index contributed by atoms with van der Waals surface area (Å²) in [7, 11) is 0. The predicted molar refractivity (Wildman–Crippen MR) is 115 cm³/mol. The molecule has 0 aliphatic heterocycles. The fourth-order valence-electron chi connectivity index (χ4n) is 3.24. The number of halogens is 1. The molecule has 4 rings (SSSR count). The van der Waals surface area contributed by atoms with Gasteiger partial charge >= 0.3 is 0 Å². The van der Waals surface area contributed by atoms with Gasteiger partial charge in [0.25, 0.3) is 0 Å². The number of pyridine rings is 1. The molecule has 3 aromatic carbocycles. The average molecular weight is 389 g/mol. The molecule has 0 bridgehead atoms. The van der Waals surface area contributed by atoms with Crippen molar-refractivity contribution in [3.8, 4) is 5.75 Å². The Morgan fingerprint density at radius 1 is 0.857 bits per heavy atom. The van der Waals surface area contributed by atoms with Crippen molar-refractivity contribution in [3.05, 3.63) is 107 Å². The van der Waals surface area contributed by atoms with E-state index in [1.54, 1.807) is 6.20 Å². The highest BCUT2D eigenvalue weighted by molar-refractivity contribution is 6.31. The molecule has 4 aromatic rings. The molecule has 4 heteroatoms. The number of ether oxygens (including phenoxy) is 1. The van der Waals surface area contributed by atoms with Crippen LogP contribution in [0.3, 0.4) is 0 Å². The summed E-state index contributed by atoms with van der Waals surface area (Å²) < 4.78 is 6.18. The first-order valence-electron chi connectivity index (χ1n) is 9.28. The summed E-state index contributed by atoms with van der Waals surface area (Å²) in [5.74, 6) is 0.873. The summed E-state index contributed by atoms with van der Waals surface area (Å²) in [6, 6.07) is 24.3. The minimum absolute atomic E-state index is 0.438. The zero-order chi connectivity index (χ0) is 19.2. The monoisotopic (exact) mass is 388 g/mol. The number of rotatable bonds is 7. The first-order valence-corrected chi connectivity index (χ1v) is 9.65. The van der Waals surface area contributed by atoms with Crippen LogP contribution in [0.2, 0.25) is 5.02 Å². The van der Waals surface area contributed by atoms with Gasteiger partial charge in [-0.25, -0.2) is 0 Å². The third kappa shape index (κ3) is 4.33. The van der Waals surface area contributed by atoms with Gasteiger partial charge < -0.3 is 10.1 Å². The van der Waals surface area contributed by atoms with Crippen molar-refractivity contribution in [3.63, 3.8) is 0 Å². The molecule has 0 radical (unpaired) electrons. The Labute approximate surface area is 170 Å². The van der Waals surface area contributed by atoms with Crippen LogP contribution in [0.5, 0.6) is 5.75 Å². The fourth-order valence-corrected chi connectivity index (χ4v) is 3.43. The second-order valence-electron chi connectivity index (χ2n) is 6.61. The van der Waals surface area contributed by atoms with E-state index in [1.807, 2.05) is 42.6 Å².